The predicted molar refractivity (Wildman–Crippen MR) is 119 cm³/mol. The van der Waals surface area contributed by atoms with Crippen LogP contribution in [0.3, 0.4) is 0 Å². The van der Waals surface area contributed by atoms with Gasteiger partial charge in [-0.05, 0) is 36.8 Å². The molecule has 0 N–H and O–H groups in total. The fourth-order valence-electron chi connectivity index (χ4n) is 3.85. The molecule has 2 heterocycles. The maximum absolute atomic E-state index is 13.0. The van der Waals surface area contributed by atoms with Crippen molar-refractivity contribution in [3.8, 4) is 0 Å². The van der Waals surface area contributed by atoms with Crippen molar-refractivity contribution in [2.75, 3.05) is 55.7 Å². The van der Waals surface area contributed by atoms with Gasteiger partial charge in [-0.2, -0.15) is 0 Å². The van der Waals surface area contributed by atoms with Crippen molar-refractivity contribution in [1.82, 2.24) is 4.90 Å². The summed E-state index contributed by atoms with van der Waals surface area (Å²) in [5.74, 6) is -0.399. The number of ether oxygens (including phenoxy) is 1. The first-order valence-corrected chi connectivity index (χ1v) is 10.7. The molecular formula is C22H23Cl2N3O3. The summed E-state index contributed by atoms with van der Waals surface area (Å²) in [5.41, 5.74) is 3.31. The average Bonchev–Trinajstić information content (AvgIpc) is 2.76. The Morgan fingerprint density at radius 3 is 2.53 bits per heavy atom. The van der Waals surface area contributed by atoms with Gasteiger partial charge in [0, 0.05) is 37.6 Å². The zero-order valence-corrected chi connectivity index (χ0v) is 18.2. The third-order valence-corrected chi connectivity index (χ3v) is 6.37. The molecule has 2 aromatic rings. The topological polar surface area (TPSA) is 53.1 Å². The Bertz CT molecular complexity index is 976. The first-order valence-electron chi connectivity index (χ1n) is 9.92. The number of hydrogen-bond acceptors (Lipinski definition) is 4. The minimum atomic E-state index is -0.283. The molecule has 0 radical (unpaired) electrons. The molecule has 4 rings (SSSR count). The lowest BCUT2D eigenvalue weighted by molar-refractivity contribution is -0.120. The molecule has 0 saturated carbocycles. The third-order valence-electron chi connectivity index (χ3n) is 5.55. The summed E-state index contributed by atoms with van der Waals surface area (Å²) in [7, 11) is 0. The highest BCUT2D eigenvalue weighted by Gasteiger charge is 2.30. The Morgan fingerprint density at radius 1 is 1.03 bits per heavy atom. The molecule has 0 atom stereocenters. The number of rotatable bonds is 3. The van der Waals surface area contributed by atoms with Crippen molar-refractivity contribution in [3.05, 3.63) is 57.6 Å². The van der Waals surface area contributed by atoms with E-state index in [0.29, 0.717) is 36.9 Å². The molecule has 2 aliphatic heterocycles. The van der Waals surface area contributed by atoms with E-state index >= 15 is 0 Å². The van der Waals surface area contributed by atoms with Gasteiger partial charge in [0.05, 0.1) is 28.8 Å². The summed E-state index contributed by atoms with van der Waals surface area (Å²) in [6.45, 7) is 5.92. The SMILES string of the molecule is Cc1ccc(N2CCOCC2)cc1N1CCN(C(=O)c2cccc(Cl)c2Cl)CC1=O. The molecule has 2 saturated heterocycles. The van der Waals surface area contributed by atoms with E-state index in [0.717, 1.165) is 30.0 Å². The molecule has 6 nitrogen and oxygen atoms in total. The van der Waals surface area contributed by atoms with Gasteiger partial charge in [0.15, 0.2) is 0 Å². The monoisotopic (exact) mass is 447 g/mol. The number of halogens is 2. The third kappa shape index (κ3) is 4.13. The molecule has 158 valence electrons. The highest BCUT2D eigenvalue weighted by molar-refractivity contribution is 6.43. The van der Waals surface area contributed by atoms with Crippen LogP contribution in [0.25, 0.3) is 0 Å². The van der Waals surface area contributed by atoms with Crippen LogP contribution < -0.4 is 9.80 Å². The van der Waals surface area contributed by atoms with Crippen LogP contribution in [0.2, 0.25) is 10.0 Å². The number of carbonyl (C=O) groups excluding carboxylic acids is 2. The van der Waals surface area contributed by atoms with Crippen LogP contribution >= 0.6 is 23.2 Å². The van der Waals surface area contributed by atoms with E-state index in [2.05, 4.69) is 17.0 Å². The Morgan fingerprint density at radius 2 is 1.80 bits per heavy atom. The number of hydrogen-bond donors (Lipinski definition) is 0. The van der Waals surface area contributed by atoms with Crippen molar-refractivity contribution in [1.29, 1.82) is 0 Å². The van der Waals surface area contributed by atoms with Crippen LogP contribution in [0.5, 0.6) is 0 Å². The highest BCUT2D eigenvalue weighted by atomic mass is 35.5. The lowest BCUT2D eigenvalue weighted by Crippen LogP contribution is -2.52. The lowest BCUT2D eigenvalue weighted by atomic mass is 10.1. The molecule has 0 aliphatic carbocycles. The number of anilines is 2. The van der Waals surface area contributed by atoms with E-state index in [1.54, 1.807) is 23.1 Å². The zero-order chi connectivity index (χ0) is 21.3. The normalized spacial score (nSPS) is 17.4. The maximum atomic E-state index is 13.0. The average molecular weight is 448 g/mol. The number of aryl methyl sites for hydroxylation is 1. The second-order valence-corrected chi connectivity index (χ2v) is 8.23. The Labute approximate surface area is 185 Å². The molecule has 0 aromatic heterocycles. The molecule has 2 amide bonds. The largest absolute Gasteiger partial charge is 0.378 e. The van der Waals surface area contributed by atoms with E-state index in [1.807, 2.05) is 13.0 Å². The number of benzene rings is 2. The number of morpholine rings is 1. The minimum Gasteiger partial charge on any atom is -0.378 e. The van der Waals surface area contributed by atoms with Crippen molar-refractivity contribution in [2.24, 2.45) is 0 Å². The molecule has 0 bridgehead atoms. The summed E-state index contributed by atoms with van der Waals surface area (Å²) in [4.78, 5) is 31.4. The second-order valence-electron chi connectivity index (χ2n) is 7.44. The van der Waals surface area contributed by atoms with Gasteiger partial charge in [0.25, 0.3) is 5.91 Å². The fraction of sp³-hybridized carbons (Fsp3) is 0.364. The van der Waals surface area contributed by atoms with E-state index in [9.17, 15) is 9.59 Å². The van der Waals surface area contributed by atoms with E-state index in [4.69, 9.17) is 27.9 Å². The molecule has 30 heavy (non-hydrogen) atoms. The Hall–Kier alpha value is -2.28. The number of carbonyl (C=O) groups is 2. The quantitative estimate of drug-likeness (QED) is 0.720. The molecular weight excluding hydrogens is 425 g/mol. The van der Waals surface area contributed by atoms with Crippen molar-refractivity contribution in [3.63, 3.8) is 0 Å². The molecule has 0 unspecified atom stereocenters. The molecule has 0 spiro atoms. The molecule has 2 aliphatic rings. The van der Waals surface area contributed by atoms with Crippen LogP contribution in [0, 0.1) is 6.92 Å². The first kappa shape index (κ1) is 21.0. The van der Waals surface area contributed by atoms with Gasteiger partial charge in [0.1, 0.15) is 6.54 Å². The van der Waals surface area contributed by atoms with Crippen LogP contribution in [0.1, 0.15) is 15.9 Å². The van der Waals surface area contributed by atoms with Gasteiger partial charge in [-0.3, -0.25) is 9.59 Å². The molecule has 8 heteroatoms. The molecule has 2 fully saturated rings. The first-order chi connectivity index (χ1) is 14.5. The summed E-state index contributed by atoms with van der Waals surface area (Å²) in [6.07, 6.45) is 0. The number of nitrogens with zero attached hydrogens (tertiary/aromatic N) is 3. The lowest BCUT2D eigenvalue weighted by Gasteiger charge is -2.36. The highest BCUT2D eigenvalue weighted by Crippen LogP contribution is 2.30. The van der Waals surface area contributed by atoms with Crippen molar-refractivity contribution < 1.29 is 14.3 Å². The summed E-state index contributed by atoms with van der Waals surface area (Å²) < 4.78 is 5.43. The fourth-order valence-corrected chi connectivity index (χ4v) is 4.23. The van der Waals surface area contributed by atoms with Gasteiger partial charge >= 0.3 is 0 Å². The van der Waals surface area contributed by atoms with Gasteiger partial charge in [-0.1, -0.05) is 35.3 Å². The number of piperazine rings is 1. The van der Waals surface area contributed by atoms with Crippen molar-refractivity contribution in [2.45, 2.75) is 6.92 Å². The minimum absolute atomic E-state index is 0.00287. The predicted octanol–water partition coefficient (Wildman–Crippen LogP) is 3.63. The van der Waals surface area contributed by atoms with Crippen LogP contribution in [0.15, 0.2) is 36.4 Å². The zero-order valence-electron chi connectivity index (χ0n) is 16.7. The summed E-state index contributed by atoms with van der Waals surface area (Å²) in [5, 5.41) is 0.538. The second kappa shape index (κ2) is 8.84. The summed E-state index contributed by atoms with van der Waals surface area (Å²) in [6, 6.07) is 11.1. The Balaban J connectivity index is 1.51. The van der Waals surface area contributed by atoms with E-state index in [-0.39, 0.29) is 23.4 Å². The Kier molecular flexibility index (Phi) is 6.18. The van der Waals surface area contributed by atoms with Crippen molar-refractivity contribution >= 4 is 46.4 Å². The van der Waals surface area contributed by atoms with Crippen LogP contribution in [-0.4, -0.2) is 62.7 Å². The van der Waals surface area contributed by atoms with Gasteiger partial charge in [-0.15, -0.1) is 0 Å². The summed E-state index contributed by atoms with van der Waals surface area (Å²) >= 11 is 12.2. The smallest absolute Gasteiger partial charge is 0.255 e. The number of amides is 2. The van der Waals surface area contributed by atoms with Gasteiger partial charge in [-0.25, -0.2) is 0 Å². The van der Waals surface area contributed by atoms with Gasteiger partial charge in [0.2, 0.25) is 5.91 Å². The molecule has 2 aromatic carbocycles. The van der Waals surface area contributed by atoms with Gasteiger partial charge < -0.3 is 19.4 Å². The standard InChI is InChI=1S/C22H23Cl2N3O3/c1-15-5-6-16(25-9-11-30-12-10-25)13-19(15)27-8-7-26(14-20(27)28)22(29)17-3-2-4-18(23)21(17)24/h2-6,13H,7-12,14H2,1H3. The van der Waals surface area contributed by atoms with Crippen LogP contribution in [0.4, 0.5) is 11.4 Å². The van der Waals surface area contributed by atoms with Crippen LogP contribution in [-0.2, 0) is 9.53 Å². The van der Waals surface area contributed by atoms with E-state index in [1.165, 1.54) is 4.90 Å². The maximum Gasteiger partial charge on any atom is 0.255 e. The van der Waals surface area contributed by atoms with E-state index < -0.39 is 0 Å².